The maximum Gasteiger partial charge on any atom is 0.341 e. The quantitative estimate of drug-likeness (QED) is 0.721. The molecule has 116 valence electrons. The molecule has 6 heteroatoms. The molecule has 0 bridgehead atoms. The summed E-state index contributed by atoms with van der Waals surface area (Å²) in [5.41, 5.74) is 0.548. The number of amides is 2. The third-order valence-electron chi connectivity index (χ3n) is 2.66. The summed E-state index contributed by atoms with van der Waals surface area (Å²) in [5, 5.41) is 14.1. The summed E-state index contributed by atoms with van der Waals surface area (Å²) in [7, 11) is 0. The maximum atomic E-state index is 11.8. The summed E-state index contributed by atoms with van der Waals surface area (Å²) in [6.45, 7) is 5.73. The number of urea groups is 1. The van der Waals surface area contributed by atoms with Crippen molar-refractivity contribution >= 4 is 17.7 Å². The van der Waals surface area contributed by atoms with Gasteiger partial charge in [0.1, 0.15) is 5.75 Å². The monoisotopic (exact) mass is 294 g/mol. The number of ether oxygens (including phenoxy) is 1. The van der Waals surface area contributed by atoms with Crippen LogP contribution in [-0.4, -0.2) is 29.8 Å². The number of hydrogen-bond acceptors (Lipinski definition) is 3. The number of carbonyl (C=O) groups excluding carboxylic acids is 1. The highest BCUT2D eigenvalue weighted by Gasteiger charge is 2.09. The van der Waals surface area contributed by atoms with Crippen LogP contribution >= 0.6 is 0 Å². The zero-order chi connectivity index (χ0) is 15.8. The Balaban J connectivity index is 2.52. The van der Waals surface area contributed by atoms with Crippen molar-refractivity contribution in [2.75, 3.05) is 11.9 Å². The fourth-order valence-corrected chi connectivity index (χ4v) is 1.97. The van der Waals surface area contributed by atoms with Crippen LogP contribution in [0.5, 0.6) is 5.75 Å². The van der Waals surface area contributed by atoms with Crippen LogP contribution in [0.2, 0.25) is 0 Å². The van der Waals surface area contributed by atoms with Gasteiger partial charge in [-0.15, -0.1) is 0 Å². The lowest BCUT2D eigenvalue weighted by molar-refractivity contribution is -0.139. The molecule has 0 aliphatic carbocycles. The lowest BCUT2D eigenvalue weighted by atomic mass is 10.1. The van der Waals surface area contributed by atoms with Crippen molar-refractivity contribution in [2.24, 2.45) is 5.92 Å². The highest BCUT2D eigenvalue weighted by molar-refractivity contribution is 5.89. The summed E-state index contributed by atoms with van der Waals surface area (Å²) < 4.78 is 5.05. The van der Waals surface area contributed by atoms with Gasteiger partial charge in [-0.2, -0.15) is 0 Å². The van der Waals surface area contributed by atoms with E-state index in [1.165, 1.54) is 0 Å². The molecule has 6 nitrogen and oxygen atoms in total. The van der Waals surface area contributed by atoms with Crippen LogP contribution < -0.4 is 15.4 Å². The highest BCUT2D eigenvalue weighted by Crippen LogP contribution is 2.17. The molecule has 0 heterocycles. The predicted octanol–water partition coefficient (Wildman–Crippen LogP) is 2.71. The van der Waals surface area contributed by atoms with Crippen LogP contribution in [0.3, 0.4) is 0 Å². The van der Waals surface area contributed by atoms with Gasteiger partial charge in [0.25, 0.3) is 0 Å². The SMILES string of the molecule is CC(C)CC(C)NC(=O)Nc1cccc(OCC(=O)O)c1. The average Bonchev–Trinajstić information content (AvgIpc) is 2.35. The minimum absolute atomic E-state index is 0.0800. The summed E-state index contributed by atoms with van der Waals surface area (Å²) in [6, 6.07) is 6.39. The van der Waals surface area contributed by atoms with Crippen molar-refractivity contribution in [1.82, 2.24) is 5.32 Å². The molecule has 1 unspecified atom stereocenters. The largest absolute Gasteiger partial charge is 0.482 e. The molecule has 0 saturated carbocycles. The zero-order valence-corrected chi connectivity index (χ0v) is 12.6. The van der Waals surface area contributed by atoms with Gasteiger partial charge in [0.15, 0.2) is 6.61 Å². The molecular formula is C15H22N2O4. The smallest absolute Gasteiger partial charge is 0.341 e. The number of carboxylic acid groups (broad SMARTS) is 1. The number of carboxylic acids is 1. The van der Waals surface area contributed by atoms with E-state index >= 15 is 0 Å². The number of hydrogen-bond donors (Lipinski definition) is 3. The summed E-state index contributed by atoms with van der Waals surface area (Å²) >= 11 is 0. The molecule has 1 aromatic carbocycles. The summed E-state index contributed by atoms with van der Waals surface area (Å²) in [6.07, 6.45) is 0.898. The number of carbonyl (C=O) groups is 2. The highest BCUT2D eigenvalue weighted by atomic mass is 16.5. The molecule has 1 atom stereocenters. The van der Waals surface area contributed by atoms with Crippen LogP contribution in [0.25, 0.3) is 0 Å². The van der Waals surface area contributed by atoms with Crippen molar-refractivity contribution in [3.05, 3.63) is 24.3 Å². The molecule has 0 spiro atoms. The summed E-state index contributed by atoms with van der Waals surface area (Å²) in [5.74, 6) is -0.146. The van der Waals surface area contributed by atoms with E-state index in [2.05, 4.69) is 24.5 Å². The normalized spacial score (nSPS) is 11.8. The average molecular weight is 294 g/mol. The van der Waals surface area contributed by atoms with Crippen molar-refractivity contribution < 1.29 is 19.4 Å². The second-order valence-electron chi connectivity index (χ2n) is 5.34. The van der Waals surface area contributed by atoms with Crippen molar-refractivity contribution in [1.29, 1.82) is 0 Å². The third kappa shape index (κ3) is 7.20. The standard InChI is InChI=1S/C15H22N2O4/c1-10(2)7-11(3)16-15(20)17-12-5-4-6-13(8-12)21-9-14(18)19/h4-6,8,10-11H,7,9H2,1-3H3,(H,18,19)(H2,16,17,20). The first kappa shape index (κ1) is 16.8. The summed E-state index contributed by atoms with van der Waals surface area (Å²) in [4.78, 5) is 22.3. The van der Waals surface area contributed by atoms with Crippen LogP contribution in [-0.2, 0) is 4.79 Å². The zero-order valence-electron chi connectivity index (χ0n) is 12.6. The molecule has 1 rings (SSSR count). The molecule has 2 amide bonds. The van der Waals surface area contributed by atoms with E-state index < -0.39 is 12.6 Å². The van der Waals surface area contributed by atoms with Gasteiger partial charge >= 0.3 is 12.0 Å². The van der Waals surface area contributed by atoms with Crippen molar-refractivity contribution in [3.8, 4) is 5.75 Å². The topological polar surface area (TPSA) is 87.7 Å². The first-order valence-corrected chi connectivity index (χ1v) is 6.89. The first-order chi connectivity index (χ1) is 9.86. The minimum Gasteiger partial charge on any atom is -0.482 e. The molecule has 0 aliphatic rings. The van der Waals surface area contributed by atoms with E-state index in [0.717, 1.165) is 6.42 Å². The van der Waals surface area contributed by atoms with Crippen molar-refractivity contribution in [2.45, 2.75) is 33.2 Å². The maximum absolute atomic E-state index is 11.8. The number of rotatable bonds is 7. The van der Waals surface area contributed by atoms with Gasteiger partial charge in [-0.25, -0.2) is 9.59 Å². The van der Waals surface area contributed by atoms with Gasteiger partial charge < -0.3 is 20.5 Å². The fraction of sp³-hybridized carbons (Fsp3) is 0.467. The Morgan fingerprint density at radius 3 is 2.62 bits per heavy atom. The second kappa shape index (κ2) is 8.14. The molecule has 0 saturated heterocycles. The Bertz CT molecular complexity index is 488. The lowest BCUT2D eigenvalue weighted by Gasteiger charge is -2.16. The van der Waals surface area contributed by atoms with Crippen LogP contribution in [0.4, 0.5) is 10.5 Å². The Morgan fingerprint density at radius 1 is 1.29 bits per heavy atom. The van der Waals surface area contributed by atoms with Gasteiger partial charge in [-0.3, -0.25) is 0 Å². The van der Waals surface area contributed by atoms with Crippen LogP contribution in [0.1, 0.15) is 27.2 Å². The van der Waals surface area contributed by atoms with Crippen LogP contribution in [0.15, 0.2) is 24.3 Å². The Labute approximate surface area is 124 Å². The Hall–Kier alpha value is -2.24. The Kier molecular flexibility index (Phi) is 6.52. The predicted molar refractivity (Wildman–Crippen MR) is 80.6 cm³/mol. The van der Waals surface area contributed by atoms with Gasteiger partial charge in [0.2, 0.25) is 0 Å². The molecule has 3 N–H and O–H groups in total. The minimum atomic E-state index is -1.05. The van der Waals surface area contributed by atoms with Crippen LogP contribution in [0, 0.1) is 5.92 Å². The van der Waals surface area contributed by atoms with Gasteiger partial charge in [0, 0.05) is 17.8 Å². The number of benzene rings is 1. The molecule has 0 aromatic heterocycles. The lowest BCUT2D eigenvalue weighted by Crippen LogP contribution is -2.36. The van der Waals surface area contributed by atoms with E-state index in [-0.39, 0.29) is 12.1 Å². The fourth-order valence-electron chi connectivity index (χ4n) is 1.97. The third-order valence-corrected chi connectivity index (χ3v) is 2.66. The molecule has 0 radical (unpaired) electrons. The van der Waals surface area contributed by atoms with Gasteiger partial charge in [0.05, 0.1) is 0 Å². The molecule has 21 heavy (non-hydrogen) atoms. The Morgan fingerprint density at radius 2 is 2.00 bits per heavy atom. The van der Waals surface area contributed by atoms with E-state index in [9.17, 15) is 9.59 Å². The molecule has 0 fully saturated rings. The van der Waals surface area contributed by atoms with E-state index in [1.807, 2.05) is 6.92 Å². The molecule has 0 aliphatic heterocycles. The second-order valence-corrected chi connectivity index (χ2v) is 5.34. The number of nitrogens with one attached hydrogen (secondary N) is 2. The van der Waals surface area contributed by atoms with E-state index in [0.29, 0.717) is 17.4 Å². The van der Waals surface area contributed by atoms with Gasteiger partial charge in [-0.1, -0.05) is 19.9 Å². The number of anilines is 1. The molecule has 1 aromatic rings. The van der Waals surface area contributed by atoms with Gasteiger partial charge in [-0.05, 0) is 31.4 Å². The first-order valence-electron chi connectivity index (χ1n) is 6.89. The van der Waals surface area contributed by atoms with E-state index in [1.54, 1.807) is 24.3 Å². The van der Waals surface area contributed by atoms with Crippen molar-refractivity contribution in [3.63, 3.8) is 0 Å². The molecular weight excluding hydrogens is 272 g/mol. The number of aliphatic carboxylic acids is 1. The van der Waals surface area contributed by atoms with E-state index in [4.69, 9.17) is 9.84 Å².